The van der Waals surface area contributed by atoms with Crippen molar-refractivity contribution in [3.8, 4) is 17.2 Å². The first-order chi connectivity index (χ1) is 11.6. The summed E-state index contributed by atoms with van der Waals surface area (Å²) < 4.78 is 16.0. The quantitative estimate of drug-likeness (QED) is 0.768. The Balaban J connectivity index is 0.00000312. The van der Waals surface area contributed by atoms with E-state index in [2.05, 4.69) is 5.32 Å². The van der Waals surface area contributed by atoms with Gasteiger partial charge >= 0.3 is 0 Å². The van der Waals surface area contributed by atoms with Crippen LogP contribution in [-0.2, 0) is 11.3 Å². The van der Waals surface area contributed by atoms with Gasteiger partial charge in [-0.2, -0.15) is 0 Å². The lowest BCUT2D eigenvalue weighted by Crippen LogP contribution is -2.37. The van der Waals surface area contributed by atoms with Crippen molar-refractivity contribution < 1.29 is 19.0 Å². The Morgan fingerprint density at radius 1 is 1.08 bits per heavy atom. The van der Waals surface area contributed by atoms with Crippen LogP contribution in [0.5, 0.6) is 17.2 Å². The minimum atomic E-state index is 0. The van der Waals surface area contributed by atoms with Crippen LogP contribution >= 0.6 is 12.4 Å². The van der Waals surface area contributed by atoms with E-state index >= 15 is 0 Å². The van der Waals surface area contributed by atoms with Gasteiger partial charge in [0.25, 0.3) is 0 Å². The number of nitrogens with one attached hydrogen (secondary N) is 1. The summed E-state index contributed by atoms with van der Waals surface area (Å²) in [4.78, 5) is 12.2. The van der Waals surface area contributed by atoms with E-state index < -0.39 is 0 Å². The number of rotatable bonds is 7. The number of hydrogen-bond donors (Lipinski definition) is 2. The molecule has 0 aromatic heterocycles. The molecule has 0 bridgehead atoms. The Morgan fingerprint density at radius 2 is 1.68 bits per heavy atom. The Hall–Kier alpha value is -1.66. The zero-order chi connectivity index (χ0) is 17.5. The molecule has 142 valence electrons. The normalized spacial score (nSPS) is 19.5. The van der Waals surface area contributed by atoms with Crippen molar-refractivity contribution >= 4 is 18.3 Å². The van der Waals surface area contributed by atoms with Crippen LogP contribution in [0.25, 0.3) is 0 Å². The molecule has 1 aliphatic rings. The third-order valence-corrected chi connectivity index (χ3v) is 4.68. The van der Waals surface area contributed by atoms with Gasteiger partial charge in [-0.25, -0.2) is 0 Å². The number of nitrogens with two attached hydrogens (primary N) is 1. The predicted octanol–water partition coefficient (Wildman–Crippen LogP) is 2.66. The van der Waals surface area contributed by atoms with Crippen molar-refractivity contribution in [1.82, 2.24) is 5.32 Å². The molecule has 1 aliphatic carbocycles. The lowest BCUT2D eigenvalue weighted by atomic mass is 9.83. The number of carbonyl (C=O) groups is 1. The largest absolute Gasteiger partial charge is 0.496 e. The van der Waals surface area contributed by atoms with Gasteiger partial charge in [-0.1, -0.05) is 12.8 Å². The van der Waals surface area contributed by atoms with Gasteiger partial charge in [0.1, 0.15) is 5.75 Å². The fourth-order valence-electron chi connectivity index (χ4n) is 3.22. The molecule has 1 amide bonds. The lowest BCUT2D eigenvalue weighted by molar-refractivity contribution is -0.122. The minimum Gasteiger partial charge on any atom is -0.496 e. The Morgan fingerprint density at radius 3 is 2.28 bits per heavy atom. The Bertz CT molecular complexity index is 568. The molecular formula is C18H29ClN2O4. The molecule has 0 spiro atoms. The maximum Gasteiger partial charge on any atom is 0.220 e. The van der Waals surface area contributed by atoms with Crippen molar-refractivity contribution in [3.05, 3.63) is 17.7 Å². The van der Waals surface area contributed by atoms with Crippen molar-refractivity contribution in [2.75, 3.05) is 21.3 Å². The summed E-state index contributed by atoms with van der Waals surface area (Å²) in [6.07, 6.45) is 4.86. The first-order valence-corrected chi connectivity index (χ1v) is 8.40. The number of ether oxygens (including phenoxy) is 3. The molecule has 0 heterocycles. The molecule has 1 aromatic carbocycles. The number of methoxy groups -OCH3 is 3. The molecule has 2 unspecified atom stereocenters. The smallest absolute Gasteiger partial charge is 0.220 e. The van der Waals surface area contributed by atoms with E-state index in [1.54, 1.807) is 27.4 Å². The first-order valence-electron chi connectivity index (χ1n) is 8.40. The van der Waals surface area contributed by atoms with Crippen LogP contribution in [-0.4, -0.2) is 33.3 Å². The number of carbonyl (C=O) groups excluding carboxylic acids is 1. The molecule has 1 aromatic rings. The maximum absolute atomic E-state index is 12.2. The Kier molecular flexibility index (Phi) is 8.86. The van der Waals surface area contributed by atoms with Crippen molar-refractivity contribution in [2.24, 2.45) is 11.7 Å². The van der Waals surface area contributed by atoms with E-state index in [-0.39, 0.29) is 30.3 Å². The number of benzene rings is 1. The SMILES string of the molecule is COc1cc(OC)c(OC)cc1CNC(=O)CC1CCCCC1N.Cl. The summed E-state index contributed by atoms with van der Waals surface area (Å²) in [5, 5.41) is 2.96. The highest BCUT2D eigenvalue weighted by Gasteiger charge is 2.24. The average molecular weight is 373 g/mol. The zero-order valence-corrected chi connectivity index (χ0v) is 16.0. The second-order valence-corrected chi connectivity index (χ2v) is 6.21. The highest BCUT2D eigenvalue weighted by atomic mass is 35.5. The number of halogens is 1. The number of hydrogen-bond acceptors (Lipinski definition) is 5. The van der Waals surface area contributed by atoms with E-state index in [0.29, 0.717) is 30.2 Å². The van der Waals surface area contributed by atoms with E-state index in [1.807, 2.05) is 6.07 Å². The molecule has 0 aliphatic heterocycles. The summed E-state index contributed by atoms with van der Waals surface area (Å²) in [5.41, 5.74) is 6.96. The number of amides is 1. The molecule has 7 heteroatoms. The molecule has 3 N–H and O–H groups in total. The average Bonchev–Trinajstić information content (AvgIpc) is 2.61. The molecule has 1 fully saturated rings. The second kappa shape index (κ2) is 10.4. The van der Waals surface area contributed by atoms with Gasteiger partial charge in [0.05, 0.1) is 21.3 Å². The van der Waals surface area contributed by atoms with Gasteiger partial charge in [-0.05, 0) is 24.8 Å². The van der Waals surface area contributed by atoms with E-state index in [4.69, 9.17) is 19.9 Å². The molecular weight excluding hydrogens is 344 g/mol. The standard InChI is InChI=1S/C18H28N2O4.ClH/c1-22-15-10-17(24-3)16(23-2)8-13(15)11-20-18(21)9-12-6-4-5-7-14(12)19;/h8,10,12,14H,4-7,9,11,19H2,1-3H3,(H,20,21);1H. The van der Waals surface area contributed by atoms with Crippen molar-refractivity contribution in [2.45, 2.75) is 44.7 Å². The molecule has 1 saturated carbocycles. The molecule has 2 atom stereocenters. The molecule has 0 saturated heterocycles. The van der Waals surface area contributed by atoms with E-state index in [0.717, 1.165) is 24.8 Å². The third kappa shape index (κ3) is 5.68. The lowest BCUT2D eigenvalue weighted by Gasteiger charge is -2.28. The summed E-state index contributed by atoms with van der Waals surface area (Å²) >= 11 is 0. The van der Waals surface area contributed by atoms with Gasteiger partial charge in [-0.15, -0.1) is 12.4 Å². The van der Waals surface area contributed by atoms with Crippen LogP contribution in [0.15, 0.2) is 12.1 Å². The Labute approximate surface area is 155 Å². The monoisotopic (exact) mass is 372 g/mol. The van der Waals surface area contributed by atoms with E-state index in [1.165, 1.54) is 6.42 Å². The topological polar surface area (TPSA) is 82.8 Å². The van der Waals surface area contributed by atoms with Crippen molar-refractivity contribution in [1.29, 1.82) is 0 Å². The molecule has 0 radical (unpaired) electrons. The highest BCUT2D eigenvalue weighted by Crippen LogP contribution is 2.34. The van der Waals surface area contributed by atoms with Crippen LogP contribution < -0.4 is 25.3 Å². The van der Waals surface area contributed by atoms with E-state index in [9.17, 15) is 4.79 Å². The van der Waals surface area contributed by atoms with Crippen LogP contribution in [0, 0.1) is 5.92 Å². The minimum absolute atomic E-state index is 0. The van der Waals surface area contributed by atoms with Gasteiger partial charge in [-0.3, -0.25) is 4.79 Å². The fourth-order valence-corrected chi connectivity index (χ4v) is 3.22. The van der Waals surface area contributed by atoms with Gasteiger partial charge in [0.15, 0.2) is 11.5 Å². The zero-order valence-electron chi connectivity index (χ0n) is 15.2. The van der Waals surface area contributed by atoms with Gasteiger partial charge in [0.2, 0.25) is 5.91 Å². The molecule has 2 rings (SSSR count). The van der Waals surface area contributed by atoms with Crippen LogP contribution in [0.4, 0.5) is 0 Å². The van der Waals surface area contributed by atoms with Crippen LogP contribution in [0.3, 0.4) is 0 Å². The molecule has 25 heavy (non-hydrogen) atoms. The van der Waals surface area contributed by atoms with Gasteiger partial charge in [0, 0.05) is 30.6 Å². The predicted molar refractivity (Wildman–Crippen MR) is 99.7 cm³/mol. The maximum atomic E-state index is 12.2. The van der Waals surface area contributed by atoms with Gasteiger partial charge < -0.3 is 25.3 Å². The molecule has 6 nitrogen and oxygen atoms in total. The van der Waals surface area contributed by atoms with Crippen LogP contribution in [0.2, 0.25) is 0 Å². The highest BCUT2D eigenvalue weighted by molar-refractivity contribution is 5.85. The van der Waals surface area contributed by atoms with Crippen LogP contribution in [0.1, 0.15) is 37.7 Å². The summed E-state index contributed by atoms with van der Waals surface area (Å²) in [7, 11) is 4.75. The first kappa shape index (κ1) is 21.4. The summed E-state index contributed by atoms with van der Waals surface area (Å²) in [6, 6.07) is 3.72. The summed E-state index contributed by atoms with van der Waals surface area (Å²) in [6.45, 7) is 0.379. The third-order valence-electron chi connectivity index (χ3n) is 4.68. The second-order valence-electron chi connectivity index (χ2n) is 6.21. The van der Waals surface area contributed by atoms with Crippen molar-refractivity contribution in [3.63, 3.8) is 0 Å². The summed E-state index contributed by atoms with van der Waals surface area (Å²) in [5.74, 6) is 2.16. The fraction of sp³-hybridized carbons (Fsp3) is 0.611.